The number of hydrogen-bond donors (Lipinski definition) is 2. The van der Waals surface area contributed by atoms with Crippen LogP contribution in [0.15, 0.2) is 12.3 Å². The van der Waals surface area contributed by atoms with Crippen molar-refractivity contribution in [1.82, 2.24) is 9.78 Å². The van der Waals surface area contributed by atoms with Crippen LogP contribution in [0.2, 0.25) is 0 Å². The Bertz CT molecular complexity index is 271. The third-order valence-electron chi connectivity index (χ3n) is 1.61. The molecular weight excluding hydrogens is 182 g/mol. The summed E-state index contributed by atoms with van der Waals surface area (Å²) in [6.45, 7) is 2.82. The molecule has 1 aromatic heterocycles. The summed E-state index contributed by atoms with van der Waals surface area (Å²) in [5, 5.41) is 12.6. The summed E-state index contributed by atoms with van der Waals surface area (Å²) in [7, 11) is 1.50. The Morgan fingerprint density at radius 2 is 2.29 bits per heavy atom. The lowest BCUT2D eigenvalue weighted by molar-refractivity contribution is -0.136. The molecule has 0 radical (unpaired) electrons. The van der Waals surface area contributed by atoms with E-state index in [1.54, 1.807) is 4.68 Å². The molecule has 0 spiro atoms. The average Bonchev–Trinajstić information content (AvgIpc) is 2.65. The van der Waals surface area contributed by atoms with Crippen molar-refractivity contribution in [3.05, 3.63) is 18.0 Å². The molecule has 0 amide bonds. The number of rotatable bonds is 4. The first-order chi connectivity index (χ1) is 6.72. The molecule has 0 unspecified atom stereocenters. The van der Waals surface area contributed by atoms with Crippen molar-refractivity contribution in [2.75, 3.05) is 7.05 Å². The first kappa shape index (κ1) is 12.6. The summed E-state index contributed by atoms with van der Waals surface area (Å²) in [6, 6.07) is 1.85. The van der Waals surface area contributed by atoms with Gasteiger partial charge in [-0.1, -0.05) is 0 Å². The van der Waals surface area contributed by atoms with Crippen LogP contribution in [0.3, 0.4) is 0 Å². The van der Waals surface area contributed by atoms with Gasteiger partial charge in [0.1, 0.15) is 0 Å². The molecule has 1 aromatic rings. The van der Waals surface area contributed by atoms with E-state index in [4.69, 9.17) is 5.11 Å². The molecule has 0 saturated heterocycles. The highest BCUT2D eigenvalue weighted by molar-refractivity contribution is 5.66. The highest BCUT2D eigenvalue weighted by Crippen LogP contribution is 1.99. The van der Waals surface area contributed by atoms with Crippen LogP contribution in [0.1, 0.15) is 19.0 Å². The second-order valence-corrected chi connectivity index (χ2v) is 2.56. The van der Waals surface area contributed by atoms with Crippen LogP contribution in [0, 0.1) is 0 Å². The molecule has 0 saturated carbocycles. The Labute approximate surface area is 83.5 Å². The van der Waals surface area contributed by atoms with Gasteiger partial charge < -0.3 is 10.8 Å². The van der Waals surface area contributed by atoms with E-state index >= 15 is 0 Å². The zero-order valence-electron chi connectivity index (χ0n) is 8.60. The van der Waals surface area contributed by atoms with Crippen molar-refractivity contribution < 1.29 is 9.90 Å². The van der Waals surface area contributed by atoms with E-state index in [0.29, 0.717) is 6.42 Å². The van der Waals surface area contributed by atoms with E-state index in [0.717, 1.165) is 12.2 Å². The van der Waals surface area contributed by atoms with Crippen molar-refractivity contribution in [3.63, 3.8) is 0 Å². The number of aliphatic carboxylic acids is 1. The second-order valence-electron chi connectivity index (χ2n) is 2.56. The van der Waals surface area contributed by atoms with Crippen LogP contribution in [-0.2, 0) is 17.8 Å². The van der Waals surface area contributed by atoms with Gasteiger partial charge in [0.2, 0.25) is 0 Å². The Morgan fingerprint density at radius 3 is 2.71 bits per heavy atom. The Morgan fingerprint density at radius 1 is 1.64 bits per heavy atom. The van der Waals surface area contributed by atoms with E-state index in [1.165, 1.54) is 7.05 Å². The molecule has 0 aliphatic rings. The summed E-state index contributed by atoms with van der Waals surface area (Å²) in [6.07, 6.45) is 2.53. The number of carboxylic acid groups (broad SMARTS) is 1. The van der Waals surface area contributed by atoms with Gasteiger partial charge in [-0.3, -0.25) is 9.48 Å². The molecule has 1 rings (SSSR count). The minimum atomic E-state index is -0.777. The molecule has 0 atom stereocenters. The Kier molecular flexibility index (Phi) is 6.39. The number of aryl methyl sites for hydroxylation is 2. The van der Waals surface area contributed by atoms with Gasteiger partial charge in [-0.05, 0) is 20.0 Å². The molecule has 0 bridgehead atoms. The van der Waals surface area contributed by atoms with Gasteiger partial charge >= 0.3 is 5.97 Å². The molecule has 5 nitrogen and oxygen atoms in total. The van der Waals surface area contributed by atoms with Crippen molar-refractivity contribution in [2.24, 2.45) is 5.73 Å². The molecule has 80 valence electrons. The van der Waals surface area contributed by atoms with Gasteiger partial charge in [-0.25, -0.2) is 0 Å². The largest absolute Gasteiger partial charge is 0.481 e. The zero-order valence-corrected chi connectivity index (χ0v) is 8.60. The van der Waals surface area contributed by atoms with Gasteiger partial charge in [0, 0.05) is 19.2 Å². The number of nitrogens with zero attached hydrogens (tertiary/aromatic N) is 2. The maximum atomic E-state index is 10.2. The molecule has 0 aliphatic heterocycles. The highest BCUT2D eigenvalue weighted by Gasteiger charge is 2.01. The number of hydrogen-bond acceptors (Lipinski definition) is 3. The van der Waals surface area contributed by atoms with Gasteiger partial charge in [0.25, 0.3) is 0 Å². The lowest BCUT2D eigenvalue weighted by Gasteiger charge is -1.93. The van der Waals surface area contributed by atoms with Crippen molar-refractivity contribution in [2.45, 2.75) is 26.3 Å². The summed E-state index contributed by atoms with van der Waals surface area (Å²) >= 11 is 0. The predicted molar refractivity (Wildman–Crippen MR) is 54.0 cm³/mol. The minimum absolute atomic E-state index is 0.153. The van der Waals surface area contributed by atoms with Crippen LogP contribution >= 0.6 is 0 Å². The van der Waals surface area contributed by atoms with Gasteiger partial charge in [0.15, 0.2) is 0 Å². The molecule has 0 fully saturated rings. The summed E-state index contributed by atoms with van der Waals surface area (Å²) in [5.74, 6) is -0.777. The topological polar surface area (TPSA) is 81.1 Å². The molecule has 3 N–H and O–H groups in total. The monoisotopic (exact) mass is 199 g/mol. The quantitative estimate of drug-likeness (QED) is 0.739. The normalized spacial score (nSPS) is 9.07. The highest BCUT2D eigenvalue weighted by atomic mass is 16.4. The third-order valence-corrected chi connectivity index (χ3v) is 1.61. The summed E-state index contributed by atoms with van der Waals surface area (Å²) in [4.78, 5) is 10.2. The van der Waals surface area contributed by atoms with Gasteiger partial charge in [0.05, 0.1) is 12.1 Å². The van der Waals surface area contributed by atoms with E-state index in [2.05, 4.69) is 10.8 Å². The summed E-state index contributed by atoms with van der Waals surface area (Å²) < 4.78 is 1.79. The Hall–Kier alpha value is -1.36. The molecule has 0 aliphatic carbocycles. The maximum Gasteiger partial charge on any atom is 0.303 e. The standard InChI is InChI=1S/C8H12N2O2.CH5N/c1-2-10-6-5-7(9-10)3-4-8(11)12;1-2/h5-6H,2-4H2,1H3,(H,11,12);2H2,1H3. The van der Waals surface area contributed by atoms with Crippen LogP contribution < -0.4 is 5.73 Å². The molecular formula is C9H17N3O2. The zero-order chi connectivity index (χ0) is 11.0. The summed E-state index contributed by atoms with van der Waals surface area (Å²) in [5.41, 5.74) is 5.35. The molecule has 1 heterocycles. The van der Waals surface area contributed by atoms with Crippen LogP contribution in [-0.4, -0.2) is 27.9 Å². The molecule has 0 aromatic carbocycles. The van der Waals surface area contributed by atoms with Crippen molar-refractivity contribution in [1.29, 1.82) is 0 Å². The van der Waals surface area contributed by atoms with Crippen LogP contribution in [0.4, 0.5) is 0 Å². The van der Waals surface area contributed by atoms with E-state index in [9.17, 15) is 4.79 Å². The SMILES string of the molecule is CCn1ccc(CCC(=O)O)n1.CN. The number of carbonyl (C=O) groups is 1. The van der Waals surface area contributed by atoms with Crippen molar-refractivity contribution in [3.8, 4) is 0 Å². The van der Waals surface area contributed by atoms with Gasteiger partial charge in [-0.2, -0.15) is 5.10 Å². The fourth-order valence-corrected chi connectivity index (χ4v) is 0.948. The van der Waals surface area contributed by atoms with E-state index in [1.807, 2.05) is 19.2 Å². The second kappa shape index (κ2) is 7.08. The van der Waals surface area contributed by atoms with E-state index in [-0.39, 0.29) is 6.42 Å². The number of nitrogens with two attached hydrogens (primary N) is 1. The minimum Gasteiger partial charge on any atom is -0.481 e. The van der Waals surface area contributed by atoms with E-state index < -0.39 is 5.97 Å². The lowest BCUT2D eigenvalue weighted by Crippen LogP contribution is -2.00. The predicted octanol–water partition coefficient (Wildman–Crippen LogP) is 0.495. The first-order valence-corrected chi connectivity index (χ1v) is 4.54. The van der Waals surface area contributed by atoms with Crippen molar-refractivity contribution >= 4 is 5.97 Å². The maximum absolute atomic E-state index is 10.2. The van der Waals surface area contributed by atoms with Crippen LogP contribution in [0.5, 0.6) is 0 Å². The van der Waals surface area contributed by atoms with Crippen LogP contribution in [0.25, 0.3) is 0 Å². The molecule has 14 heavy (non-hydrogen) atoms. The first-order valence-electron chi connectivity index (χ1n) is 4.54. The number of aromatic nitrogens is 2. The van der Waals surface area contributed by atoms with Gasteiger partial charge in [-0.15, -0.1) is 0 Å². The fraction of sp³-hybridized carbons (Fsp3) is 0.556. The third kappa shape index (κ3) is 4.61. The molecule has 5 heteroatoms. The Balaban J connectivity index is 0.000000791. The number of carboxylic acids is 1. The smallest absolute Gasteiger partial charge is 0.303 e. The fourth-order valence-electron chi connectivity index (χ4n) is 0.948. The lowest BCUT2D eigenvalue weighted by atomic mass is 10.2. The average molecular weight is 199 g/mol.